The number of nitro benzene ring substituents is 1. The minimum absolute atomic E-state index is 0.0131. The van der Waals surface area contributed by atoms with E-state index >= 15 is 0 Å². The molecule has 0 spiro atoms. The molecular weight excluding hydrogens is 288 g/mol. The van der Waals surface area contributed by atoms with Gasteiger partial charge in [0.05, 0.1) is 11.5 Å². The van der Waals surface area contributed by atoms with E-state index in [1.165, 1.54) is 31.3 Å². The fourth-order valence-corrected chi connectivity index (χ4v) is 1.74. The van der Waals surface area contributed by atoms with Crippen LogP contribution in [0.1, 0.15) is 10.4 Å². The lowest BCUT2D eigenvalue weighted by atomic mass is 10.2. The van der Waals surface area contributed by atoms with Crippen molar-refractivity contribution in [3.8, 4) is 0 Å². The highest BCUT2D eigenvalue weighted by molar-refractivity contribution is 6.32. The number of hydrogen-bond donors (Lipinski definition) is 0. The van der Waals surface area contributed by atoms with Gasteiger partial charge in [-0.25, -0.2) is 0 Å². The zero-order valence-corrected chi connectivity index (χ0v) is 12.1. The van der Waals surface area contributed by atoms with Crippen molar-refractivity contribution in [3.63, 3.8) is 0 Å². The van der Waals surface area contributed by atoms with E-state index in [1.807, 2.05) is 0 Å². The normalized spacial score (nSPS) is 10.7. The van der Waals surface area contributed by atoms with Crippen LogP contribution in [-0.2, 0) is 9.47 Å². The molecule has 0 aliphatic carbocycles. The Balaban J connectivity index is 2.92. The highest BCUT2D eigenvalue weighted by Crippen LogP contribution is 2.25. The molecule has 20 heavy (non-hydrogen) atoms. The molecule has 0 aromatic heterocycles. The maximum atomic E-state index is 12.1. The Hall–Kier alpha value is -1.70. The van der Waals surface area contributed by atoms with Crippen molar-refractivity contribution in [2.75, 3.05) is 27.8 Å². The number of ether oxygens (including phenoxy) is 2. The Bertz CT molecular complexity index is 505. The Morgan fingerprint density at radius 2 is 2.05 bits per heavy atom. The highest BCUT2D eigenvalue weighted by atomic mass is 35.5. The summed E-state index contributed by atoms with van der Waals surface area (Å²) in [6.45, 7) is 0.197. The second-order valence-corrected chi connectivity index (χ2v) is 4.42. The Morgan fingerprint density at radius 1 is 1.45 bits per heavy atom. The standard InChI is InChI=1S/C12H15ClN2O5/c1-14(7-11(19-2)20-3)12(16)8-4-5-9(13)10(6-8)15(17)18/h4-6,11H,7H2,1-3H3. The van der Waals surface area contributed by atoms with Gasteiger partial charge in [0, 0.05) is 32.9 Å². The minimum Gasteiger partial charge on any atom is -0.354 e. The number of nitrogens with zero attached hydrogens (tertiary/aromatic N) is 2. The SMILES string of the molecule is COC(CN(C)C(=O)c1ccc(Cl)c([N+](=O)[O-])c1)OC. The van der Waals surface area contributed by atoms with Gasteiger partial charge < -0.3 is 14.4 Å². The molecule has 0 saturated heterocycles. The van der Waals surface area contributed by atoms with Crippen molar-refractivity contribution in [2.45, 2.75) is 6.29 Å². The molecule has 0 heterocycles. The molecule has 0 saturated carbocycles. The van der Waals surface area contributed by atoms with Crippen molar-refractivity contribution in [1.82, 2.24) is 4.90 Å². The van der Waals surface area contributed by atoms with Gasteiger partial charge in [-0.15, -0.1) is 0 Å². The van der Waals surface area contributed by atoms with Crippen LogP contribution < -0.4 is 0 Å². The van der Waals surface area contributed by atoms with E-state index in [0.29, 0.717) is 0 Å². The molecule has 0 atom stereocenters. The van der Waals surface area contributed by atoms with E-state index in [0.717, 1.165) is 6.07 Å². The summed E-state index contributed by atoms with van der Waals surface area (Å²) >= 11 is 5.70. The van der Waals surface area contributed by atoms with E-state index in [9.17, 15) is 14.9 Å². The second kappa shape index (κ2) is 7.18. The summed E-state index contributed by atoms with van der Waals surface area (Å²) in [7, 11) is 4.47. The summed E-state index contributed by atoms with van der Waals surface area (Å²) in [5, 5.41) is 10.8. The zero-order valence-electron chi connectivity index (χ0n) is 11.3. The number of halogens is 1. The van der Waals surface area contributed by atoms with Crippen LogP contribution >= 0.6 is 11.6 Å². The van der Waals surface area contributed by atoms with Crippen molar-refractivity contribution in [1.29, 1.82) is 0 Å². The first-order chi connectivity index (χ1) is 9.40. The molecule has 0 unspecified atom stereocenters. The van der Waals surface area contributed by atoms with Gasteiger partial charge in [-0.2, -0.15) is 0 Å². The summed E-state index contributed by atoms with van der Waals surface area (Å²) in [5.74, 6) is -0.385. The molecule has 0 N–H and O–H groups in total. The van der Waals surface area contributed by atoms with Crippen molar-refractivity contribution in [3.05, 3.63) is 38.9 Å². The second-order valence-electron chi connectivity index (χ2n) is 4.01. The van der Waals surface area contributed by atoms with Gasteiger partial charge in [0.2, 0.25) is 0 Å². The lowest BCUT2D eigenvalue weighted by molar-refractivity contribution is -0.384. The van der Waals surface area contributed by atoms with Crippen molar-refractivity contribution >= 4 is 23.2 Å². The number of carbonyl (C=O) groups excluding carboxylic acids is 1. The van der Waals surface area contributed by atoms with Crippen LogP contribution in [0.25, 0.3) is 0 Å². The molecule has 1 amide bonds. The maximum absolute atomic E-state index is 12.1. The van der Waals surface area contributed by atoms with Gasteiger partial charge in [0.1, 0.15) is 5.02 Å². The van der Waals surface area contributed by atoms with E-state index in [-0.39, 0.29) is 28.7 Å². The van der Waals surface area contributed by atoms with Crippen LogP contribution in [0, 0.1) is 10.1 Å². The predicted octanol–water partition coefficient (Wildman–Crippen LogP) is 1.94. The number of rotatable bonds is 6. The number of carbonyl (C=O) groups is 1. The largest absolute Gasteiger partial charge is 0.354 e. The first kappa shape index (κ1) is 16.4. The number of nitro groups is 1. The summed E-state index contributed by atoms with van der Waals surface area (Å²) in [4.78, 5) is 23.7. The molecule has 1 aromatic carbocycles. The monoisotopic (exact) mass is 302 g/mol. The molecule has 1 aromatic rings. The third-order valence-electron chi connectivity index (χ3n) is 2.69. The summed E-state index contributed by atoms with van der Waals surface area (Å²) < 4.78 is 9.98. The van der Waals surface area contributed by atoms with Gasteiger partial charge in [0.15, 0.2) is 6.29 Å². The highest BCUT2D eigenvalue weighted by Gasteiger charge is 2.20. The first-order valence-electron chi connectivity index (χ1n) is 5.65. The average Bonchev–Trinajstić information content (AvgIpc) is 2.43. The van der Waals surface area contributed by atoms with Crippen LogP contribution in [0.2, 0.25) is 5.02 Å². The fourth-order valence-electron chi connectivity index (χ4n) is 1.56. The van der Waals surface area contributed by atoms with E-state index < -0.39 is 11.2 Å². The Morgan fingerprint density at radius 3 is 2.55 bits per heavy atom. The molecule has 1 rings (SSSR count). The summed E-state index contributed by atoms with van der Waals surface area (Å²) in [6, 6.07) is 3.91. The van der Waals surface area contributed by atoms with Crippen LogP contribution in [0.4, 0.5) is 5.69 Å². The maximum Gasteiger partial charge on any atom is 0.288 e. The van der Waals surface area contributed by atoms with E-state index in [4.69, 9.17) is 21.1 Å². The molecule has 0 aliphatic heterocycles. The van der Waals surface area contributed by atoms with Gasteiger partial charge >= 0.3 is 0 Å². The van der Waals surface area contributed by atoms with Crippen LogP contribution in [0.3, 0.4) is 0 Å². The zero-order chi connectivity index (χ0) is 15.3. The Kier molecular flexibility index (Phi) is 5.87. The molecule has 110 valence electrons. The molecule has 0 aliphatic rings. The number of amides is 1. The molecule has 0 bridgehead atoms. The fraction of sp³-hybridized carbons (Fsp3) is 0.417. The van der Waals surface area contributed by atoms with Gasteiger partial charge in [-0.1, -0.05) is 11.6 Å². The van der Waals surface area contributed by atoms with Gasteiger partial charge in [-0.05, 0) is 12.1 Å². The average molecular weight is 303 g/mol. The third kappa shape index (κ3) is 3.89. The third-order valence-corrected chi connectivity index (χ3v) is 3.00. The Labute approximate surface area is 121 Å². The lowest BCUT2D eigenvalue weighted by Gasteiger charge is -2.22. The number of likely N-dealkylation sites (N-methyl/N-ethyl adjacent to an activating group) is 1. The molecule has 0 fully saturated rings. The van der Waals surface area contributed by atoms with Crippen molar-refractivity contribution in [2.24, 2.45) is 0 Å². The van der Waals surface area contributed by atoms with Crippen LogP contribution in [0.15, 0.2) is 18.2 Å². The van der Waals surface area contributed by atoms with Gasteiger partial charge in [-0.3, -0.25) is 14.9 Å². The topological polar surface area (TPSA) is 81.9 Å². The molecule has 0 radical (unpaired) electrons. The molecular formula is C12H15ClN2O5. The minimum atomic E-state index is -0.633. The number of benzene rings is 1. The smallest absolute Gasteiger partial charge is 0.288 e. The molecule has 8 heteroatoms. The van der Waals surface area contributed by atoms with E-state index in [2.05, 4.69) is 0 Å². The van der Waals surface area contributed by atoms with Crippen LogP contribution in [-0.4, -0.2) is 49.8 Å². The van der Waals surface area contributed by atoms with Crippen LogP contribution in [0.5, 0.6) is 0 Å². The quantitative estimate of drug-likeness (QED) is 0.455. The van der Waals surface area contributed by atoms with Crippen molar-refractivity contribution < 1.29 is 19.2 Å². The number of methoxy groups -OCH3 is 2. The molecule has 7 nitrogen and oxygen atoms in total. The first-order valence-corrected chi connectivity index (χ1v) is 6.03. The summed E-state index contributed by atoms with van der Waals surface area (Å²) in [5.41, 5.74) is -0.129. The summed E-state index contributed by atoms with van der Waals surface area (Å²) in [6.07, 6.45) is -0.564. The van der Waals surface area contributed by atoms with Gasteiger partial charge in [0.25, 0.3) is 11.6 Å². The predicted molar refractivity (Wildman–Crippen MR) is 72.9 cm³/mol. The van der Waals surface area contributed by atoms with E-state index in [1.54, 1.807) is 7.05 Å². The number of hydrogen-bond acceptors (Lipinski definition) is 5. The lowest BCUT2D eigenvalue weighted by Crippen LogP contribution is -2.36.